The second kappa shape index (κ2) is 8.57. The number of ether oxygens (including phenoxy) is 1. The quantitative estimate of drug-likeness (QED) is 0.500. The largest absolute Gasteiger partial charge is 0.481 e. The maximum Gasteiger partial charge on any atom is 0.332 e. The molecule has 1 N–H and O–H groups in total. The van der Waals surface area contributed by atoms with E-state index in [-0.39, 0.29) is 19.0 Å². The van der Waals surface area contributed by atoms with Crippen LogP contribution in [0.1, 0.15) is 20.8 Å². The molecule has 4 rings (SSSR count). The van der Waals surface area contributed by atoms with Gasteiger partial charge in [-0.2, -0.15) is 0 Å². The topological polar surface area (TPSA) is 95.2 Å². The van der Waals surface area contributed by atoms with E-state index >= 15 is 0 Å². The molecule has 3 heterocycles. The lowest BCUT2D eigenvalue weighted by Crippen LogP contribution is -2.38. The molecule has 0 aliphatic carbocycles. The van der Waals surface area contributed by atoms with E-state index in [9.17, 15) is 14.4 Å². The van der Waals surface area contributed by atoms with Crippen LogP contribution in [0.4, 0.5) is 0 Å². The molecule has 8 nitrogen and oxygen atoms in total. The molecule has 0 saturated heterocycles. The van der Waals surface area contributed by atoms with Gasteiger partial charge in [0.2, 0.25) is 5.88 Å². The standard InChI is InChI=1S/C22H20N4O4S/c1-25-21-16(20(28)26(22(25)29)13-14-6-4-3-5-7-14)11-17(31-21)19(27)24-12-15-8-9-23-18(10-15)30-2/h3-11H,12-13H2,1-2H3,(H,24,27). The number of aryl methyl sites for hydroxylation is 1. The summed E-state index contributed by atoms with van der Waals surface area (Å²) >= 11 is 1.12. The first-order chi connectivity index (χ1) is 15.0. The van der Waals surface area contributed by atoms with Crippen LogP contribution in [0.3, 0.4) is 0 Å². The molecule has 9 heteroatoms. The maximum absolute atomic E-state index is 13.0. The Kier molecular flexibility index (Phi) is 5.68. The van der Waals surface area contributed by atoms with Gasteiger partial charge in [0.05, 0.1) is 23.9 Å². The number of aromatic nitrogens is 3. The molecular formula is C22H20N4O4S. The predicted molar refractivity (Wildman–Crippen MR) is 119 cm³/mol. The lowest BCUT2D eigenvalue weighted by atomic mass is 10.2. The highest BCUT2D eigenvalue weighted by Crippen LogP contribution is 2.22. The Bertz CT molecular complexity index is 1370. The first-order valence-corrected chi connectivity index (χ1v) is 10.3. The summed E-state index contributed by atoms with van der Waals surface area (Å²) in [5.41, 5.74) is 0.858. The van der Waals surface area contributed by atoms with Gasteiger partial charge < -0.3 is 10.1 Å². The van der Waals surface area contributed by atoms with E-state index in [0.29, 0.717) is 21.0 Å². The molecule has 0 radical (unpaired) electrons. The second-order valence-electron chi connectivity index (χ2n) is 6.94. The number of hydrogen-bond acceptors (Lipinski definition) is 6. The smallest absolute Gasteiger partial charge is 0.332 e. The number of fused-ring (bicyclic) bond motifs is 1. The van der Waals surface area contributed by atoms with Gasteiger partial charge in [0.1, 0.15) is 4.83 Å². The number of carbonyl (C=O) groups excluding carboxylic acids is 1. The number of pyridine rings is 1. The summed E-state index contributed by atoms with van der Waals surface area (Å²) in [5, 5.41) is 3.17. The Morgan fingerprint density at radius 1 is 1.13 bits per heavy atom. The fourth-order valence-corrected chi connectivity index (χ4v) is 4.26. The summed E-state index contributed by atoms with van der Waals surface area (Å²) in [4.78, 5) is 43.3. The molecule has 158 valence electrons. The SMILES string of the molecule is COc1cc(CNC(=O)c2cc3c(=O)n(Cc4ccccc4)c(=O)n(C)c3s2)ccn1. The summed E-state index contributed by atoms with van der Waals surface area (Å²) in [5.74, 6) is 0.140. The molecule has 0 spiro atoms. The molecular weight excluding hydrogens is 416 g/mol. The van der Waals surface area contributed by atoms with E-state index in [1.54, 1.807) is 31.4 Å². The van der Waals surface area contributed by atoms with Gasteiger partial charge in [-0.1, -0.05) is 30.3 Å². The van der Waals surface area contributed by atoms with Crippen molar-refractivity contribution in [1.29, 1.82) is 0 Å². The van der Waals surface area contributed by atoms with Crippen molar-refractivity contribution in [2.45, 2.75) is 13.1 Å². The third kappa shape index (κ3) is 4.13. The van der Waals surface area contributed by atoms with Crippen LogP contribution in [-0.4, -0.2) is 27.1 Å². The molecule has 31 heavy (non-hydrogen) atoms. The zero-order chi connectivity index (χ0) is 22.0. The lowest BCUT2D eigenvalue weighted by Gasteiger charge is -2.08. The van der Waals surface area contributed by atoms with E-state index in [4.69, 9.17) is 4.74 Å². The van der Waals surface area contributed by atoms with Crippen molar-refractivity contribution in [3.05, 3.63) is 91.6 Å². The van der Waals surface area contributed by atoms with Crippen molar-refractivity contribution in [2.24, 2.45) is 7.05 Å². The Morgan fingerprint density at radius 2 is 1.90 bits per heavy atom. The molecule has 0 bridgehead atoms. The molecule has 0 aliphatic rings. The molecule has 4 aromatic rings. The van der Waals surface area contributed by atoms with Crippen LogP contribution < -0.4 is 21.3 Å². The third-order valence-electron chi connectivity index (χ3n) is 4.88. The van der Waals surface area contributed by atoms with Crippen molar-refractivity contribution < 1.29 is 9.53 Å². The Hall–Kier alpha value is -3.72. The average Bonchev–Trinajstić information content (AvgIpc) is 3.26. The molecule has 0 fully saturated rings. The normalized spacial score (nSPS) is 10.9. The fraction of sp³-hybridized carbons (Fsp3) is 0.182. The number of methoxy groups -OCH3 is 1. The van der Waals surface area contributed by atoms with Crippen LogP contribution >= 0.6 is 11.3 Å². The van der Waals surface area contributed by atoms with E-state index < -0.39 is 11.2 Å². The minimum atomic E-state index is -0.418. The first kappa shape index (κ1) is 20.5. The molecule has 0 aliphatic heterocycles. The Balaban J connectivity index is 1.63. The zero-order valence-corrected chi connectivity index (χ0v) is 17.8. The van der Waals surface area contributed by atoms with Crippen LogP contribution in [0.2, 0.25) is 0 Å². The number of nitrogens with one attached hydrogen (secondary N) is 1. The first-order valence-electron chi connectivity index (χ1n) is 9.52. The summed E-state index contributed by atoms with van der Waals surface area (Å²) < 4.78 is 7.69. The van der Waals surface area contributed by atoms with Crippen molar-refractivity contribution in [1.82, 2.24) is 19.4 Å². The third-order valence-corrected chi connectivity index (χ3v) is 6.09. The summed E-state index contributed by atoms with van der Waals surface area (Å²) in [6.45, 7) is 0.451. The Labute approximate surface area is 181 Å². The lowest BCUT2D eigenvalue weighted by molar-refractivity contribution is 0.0955. The molecule has 0 unspecified atom stereocenters. The van der Waals surface area contributed by atoms with Crippen LogP contribution in [-0.2, 0) is 20.1 Å². The van der Waals surface area contributed by atoms with Crippen LogP contribution in [0.15, 0.2) is 64.3 Å². The minimum absolute atomic E-state index is 0.170. The molecule has 0 atom stereocenters. The predicted octanol–water partition coefficient (Wildman–Crippen LogP) is 2.14. The van der Waals surface area contributed by atoms with Crippen LogP contribution in [0, 0.1) is 0 Å². The minimum Gasteiger partial charge on any atom is -0.481 e. The van der Waals surface area contributed by atoms with E-state index in [0.717, 1.165) is 22.5 Å². The number of benzene rings is 1. The van der Waals surface area contributed by atoms with Gasteiger partial charge in [-0.05, 0) is 23.3 Å². The molecule has 0 saturated carbocycles. The molecule has 3 aromatic heterocycles. The molecule has 1 amide bonds. The van der Waals surface area contributed by atoms with Crippen molar-refractivity contribution in [3.63, 3.8) is 0 Å². The van der Waals surface area contributed by atoms with E-state index in [1.165, 1.54) is 16.2 Å². The summed E-state index contributed by atoms with van der Waals surface area (Å²) in [7, 11) is 3.13. The van der Waals surface area contributed by atoms with Crippen molar-refractivity contribution in [2.75, 3.05) is 7.11 Å². The number of amides is 1. The Morgan fingerprint density at radius 3 is 2.65 bits per heavy atom. The van der Waals surface area contributed by atoms with Gasteiger partial charge in [0.15, 0.2) is 0 Å². The van der Waals surface area contributed by atoms with E-state index in [2.05, 4.69) is 10.3 Å². The highest BCUT2D eigenvalue weighted by Gasteiger charge is 2.18. The van der Waals surface area contributed by atoms with Gasteiger partial charge in [-0.15, -0.1) is 11.3 Å². The van der Waals surface area contributed by atoms with Crippen LogP contribution in [0.5, 0.6) is 5.88 Å². The highest BCUT2D eigenvalue weighted by atomic mass is 32.1. The maximum atomic E-state index is 13.0. The number of carbonyl (C=O) groups is 1. The van der Waals surface area contributed by atoms with Crippen molar-refractivity contribution >= 4 is 27.5 Å². The van der Waals surface area contributed by atoms with Gasteiger partial charge in [-0.25, -0.2) is 9.78 Å². The number of nitrogens with zero attached hydrogens (tertiary/aromatic N) is 3. The molecule has 1 aromatic carbocycles. The number of thiophene rings is 1. The average molecular weight is 436 g/mol. The van der Waals surface area contributed by atoms with Gasteiger partial charge >= 0.3 is 5.69 Å². The highest BCUT2D eigenvalue weighted by molar-refractivity contribution is 7.20. The van der Waals surface area contributed by atoms with Crippen LogP contribution in [0.25, 0.3) is 10.2 Å². The number of hydrogen-bond donors (Lipinski definition) is 1. The monoisotopic (exact) mass is 436 g/mol. The number of rotatable bonds is 6. The van der Waals surface area contributed by atoms with E-state index in [1.807, 2.05) is 30.3 Å². The van der Waals surface area contributed by atoms with Gasteiger partial charge in [0, 0.05) is 25.9 Å². The summed E-state index contributed by atoms with van der Waals surface area (Å²) in [6, 6.07) is 14.4. The fourth-order valence-electron chi connectivity index (χ4n) is 3.24. The zero-order valence-electron chi connectivity index (χ0n) is 17.0. The van der Waals surface area contributed by atoms with Gasteiger partial charge in [-0.3, -0.25) is 18.7 Å². The van der Waals surface area contributed by atoms with Crippen molar-refractivity contribution in [3.8, 4) is 5.88 Å². The second-order valence-corrected chi connectivity index (χ2v) is 7.97. The summed E-state index contributed by atoms with van der Waals surface area (Å²) in [6.07, 6.45) is 1.60. The van der Waals surface area contributed by atoms with Gasteiger partial charge in [0.25, 0.3) is 11.5 Å².